The Labute approximate surface area is 113 Å². The van der Waals surface area contributed by atoms with Crippen molar-refractivity contribution in [1.82, 2.24) is 9.88 Å². The normalized spacial score (nSPS) is 22.0. The first-order chi connectivity index (χ1) is 8.79. The molecule has 18 heavy (non-hydrogen) atoms. The Morgan fingerprint density at radius 3 is 3.00 bits per heavy atom. The molecular weight excluding hydrogens is 264 g/mol. The number of carbonyl (C=O) groups excluding carboxylic acids is 1. The lowest BCUT2D eigenvalue weighted by atomic mass is 10.0. The minimum Gasteiger partial charge on any atom is -0.314 e. The van der Waals surface area contributed by atoms with Gasteiger partial charge < -0.3 is 4.90 Å². The van der Waals surface area contributed by atoms with Gasteiger partial charge in [0.15, 0.2) is 4.34 Å². The van der Waals surface area contributed by atoms with Gasteiger partial charge >= 0.3 is 0 Å². The van der Waals surface area contributed by atoms with E-state index in [4.69, 9.17) is 0 Å². The first kappa shape index (κ1) is 10.6. The number of thiazole rings is 1. The number of carbonyl (C=O) groups is 1. The van der Waals surface area contributed by atoms with E-state index in [2.05, 4.69) is 11.1 Å². The van der Waals surface area contributed by atoms with Gasteiger partial charge in [0, 0.05) is 30.0 Å². The van der Waals surface area contributed by atoms with E-state index in [0.29, 0.717) is 12.5 Å². The molecule has 1 saturated heterocycles. The predicted molar refractivity (Wildman–Crippen MR) is 73.4 cm³/mol. The van der Waals surface area contributed by atoms with Crippen LogP contribution in [0.15, 0.2) is 39.7 Å². The van der Waals surface area contributed by atoms with Crippen molar-refractivity contribution in [2.24, 2.45) is 0 Å². The highest BCUT2D eigenvalue weighted by atomic mass is 32.2. The van der Waals surface area contributed by atoms with Crippen LogP contribution >= 0.6 is 23.1 Å². The maximum absolute atomic E-state index is 11.3. The molecule has 0 spiro atoms. The number of hydrogen-bond donors (Lipinski definition) is 0. The molecule has 0 bridgehead atoms. The number of para-hydroxylation sites is 1. The van der Waals surface area contributed by atoms with Gasteiger partial charge in [-0.05, 0) is 12.1 Å². The largest absolute Gasteiger partial charge is 0.314 e. The van der Waals surface area contributed by atoms with E-state index in [1.165, 1.54) is 9.61 Å². The lowest BCUT2D eigenvalue weighted by Crippen LogP contribution is -2.45. The number of β-lactam (4-membered cyclic amide) rings is 1. The van der Waals surface area contributed by atoms with Crippen molar-refractivity contribution in [3.8, 4) is 0 Å². The molecule has 4 rings (SSSR count). The minimum absolute atomic E-state index is 0.250. The molecular formula is C13H10N2OS2. The van der Waals surface area contributed by atoms with Crippen LogP contribution in [-0.2, 0) is 4.79 Å². The molecule has 0 saturated carbocycles. The summed E-state index contributed by atoms with van der Waals surface area (Å²) in [6, 6.07) is 8.60. The van der Waals surface area contributed by atoms with E-state index in [1.807, 2.05) is 29.3 Å². The van der Waals surface area contributed by atoms with Gasteiger partial charge in [-0.3, -0.25) is 4.79 Å². The summed E-state index contributed by atoms with van der Waals surface area (Å²) in [5.41, 5.74) is 1.06. The third-order valence-electron chi connectivity index (χ3n) is 3.30. The van der Waals surface area contributed by atoms with Crippen molar-refractivity contribution in [3.63, 3.8) is 0 Å². The molecule has 3 nitrogen and oxygen atoms in total. The van der Waals surface area contributed by atoms with E-state index in [1.54, 1.807) is 23.1 Å². The fraction of sp³-hybridized carbons (Fsp3) is 0.231. The summed E-state index contributed by atoms with van der Waals surface area (Å²) in [6.45, 7) is 0. The molecule has 1 atom stereocenters. The number of hydrogen-bond acceptors (Lipinski definition) is 4. The van der Waals surface area contributed by atoms with Gasteiger partial charge in [-0.1, -0.05) is 23.9 Å². The first-order valence-corrected chi connectivity index (χ1v) is 7.48. The molecule has 0 unspecified atom stereocenters. The molecule has 1 aromatic heterocycles. The topological polar surface area (TPSA) is 33.2 Å². The summed E-state index contributed by atoms with van der Waals surface area (Å²) in [6.07, 6.45) is 3.69. The highest BCUT2D eigenvalue weighted by Crippen LogP contribution is 2.42. The van der Waals surface area contributed by atoms with Crippen LogP contribution in [-0.4, -0.2) is 21.8 Å². The van der Waals surface area contributed by atoms with Gasteiger partial charge in [0.25, 0.3) is 0 Å². The molecule has 2 aromatic rings. The van der Waals surface area contributed by atoms with Gasteiger partial charge in [-0.15, -0.1) is 11.3 Å². The SMILES string of the molecule is O=C1C[C@H]2CC(Sc3nc4ccccc4s3)=CN12. The smallest absolute Gasteiger partial charge is 0.228 e. The van der Waals surface area contributed by atoms with Crippen molar-refractivity contribution in [2.75, 3.05) is 0 Å². The van der Waals surface area contributed by atoms with Crippen LogP contribution in [0.4, 0.5) is 0 Å². The van der Waals surface area contributed by atoms with Crippen LogP contribution in [0.1, 0.15) is 12.8 Å². The zero-order chi connectivity index (χ0) is 12.1. The zero-order valence-corrected chi connectivity index (χ0v) is 11.1. The van der Waals surface area contributed by atoms with Crippen LogP contribution in [0, 0.1) is 0 Å². The molecule has 5 heteroatoms. The Morgan fingerprint density at radius 2 is 2.22 bits per heavy atom. The Balaban J connectivity index is 1.60. The molecule has 1 aromatic carbocycles. The maximum atomic E-state index is 11.3. The lowest BCUT2D eigenvalue weighted by molar-refractivity contribution is -0.140. The molecule has 1 amide bonds. The van der Waals surface area contributed by atoms with E-state index < -0.39 is 0 Å². The highest BCUT2D eigenvalue weighted by molar-refractivity contribution is 8.04. The minimum atomic E-state index is 0.250. The number of fused-ring (bicyclic) bond motifs is 2. The van der Waals surface area contributed by atoms with Crippen LogP contribution in [0.5, 0.6) is 0 Å². The number of aromatic nitrogens is 1. The van der Waals surface area contributed by atoms with Crippen molar-refractivity contribution in [1.29, 1.82) is 0 Å². The van der Waals surface area contributed by atoms with Gasteiger partial charge in [-0.25, -0.2) is 4.98 Å². The van der Waals surface area contributed by atoms with E-state index >= 15 is 0 Å². The summed E-state index contributed by atoms with van der Waals surface area (Å²) < 4.78 is 2.29. The molecule has 0 aliphatic carbocycles. The molecule has 3 heterocycles. The molecule has 2 aliphatic rings. The van der Waals surface area contributed by atoms with Gasteiger partial charge in [0.05, 0.1) is 10.2 Å². The van der Waals surface area contributed by atoms with Crippen LogP contribution < -0.4 is 0 Å². The molecule has 90 valence electrons. The summed E-state index contributed by atoms with van der Waals surface area (Å²) in [5.74, 6) is 0.250. The summed E-state index contributed by atoms with van der Waals surface area (Å²) in [5, 5.41) is 0. The number of rotatable bonds is 2. The highest BCUT2D eigenvalue weighted by Gasteiger charge is 2.39. The standard InChI is InChI=1S/C13H10N2OS2/c16-12-6-8-5-9(7-15(8)12)17-13-14-10-3-1-2-4-11(10)18-13/h1-4,7-8H,5-6H2/t8-/m1/s1. The number of benzene rings is 1. The maximum Gasteiger partial charge on any atom is 0.228 e. The number of amides is 1. The van der Waals surface area contributed by atoms with Gasteiger partial charge in [0.2, 0.25) is 5.91 Å². The van der Waals surface area contributed by atoms with Gasteiger partial charge in [0.1, 0.15) is 0 Å². The second kappa shape index (κ2) is 3.83. The summed E-state index contributed by atoms with van der Waals surface area (Å²) >= 11 is 3.42. The monoisotopic (exact) mass is 274 g/mol. The van der Waals surface area contributed by atoms with Crippen molar-refractivity contribution < 1.29 is 4.79 Å². The zero-order valence-electron chi connectivity index (χ0n) is 9.50. The number of thioether (sulfide) groups is 1. The Hall–Kier alpha value is -1.33. The fourth-order valence-electron chi connectivity index (χ4n) is 2.36. The van der Waals surface area contributed by atoms with Crippen molar-refractivity contribution in [3.05, 3.63) is 35.4 Å². The molecule has 1 fully saturated rings. The summed E-state index contributed by atoms with van der Waals surface area (Å²) in [4.78, 5) is 19.0. The van der Waals surface area contributed by atoms with E-state index in [9.17, 15) is 4.79 Å². The number of nitrogens with zero attached hydrogens (tertiary/aromatic N) is 2. The second-order valence-corrected chi connectivity index (χ2v) is 6.91. The van der Waals surface area contributed by atoms with Crippen molar-refractivity contribution >= 4 is 39.2 Å². The van der Waals surface area contributed by atoms with E-state index in [0.717, 1.165) is 16.3 Å². The predicted octanol–water partition coefficient (Wildman–Crippen LogP) is 3.23. The third kappa shape index (κ3) is 1.58. The van der Waals surface area contributed by atoms with Crippen LogP contribution in [0.2, 0.25) is 0 Å². The lowest BCUT2D eigenvalue weighted by Gasteiger charge is -2.32. The first-order valence-electron chi connectivity index (χ1n) is 5.85. The van der Waals surface area contributed by atoms with Crippen molar-refractivity contribution in [2.45, 2.75) is 23.2 Å². The average Bonchev–Trinajstić information content (AvgIpc) is 2.90. The van der Waals surface area contributed by atoms with Crippen LogP contribution in [0.3, 0.4) is 0 Å². The average molecular weight is 274 g/mol. The molecule has 2 aliphatic heterocycles. The van der Waals surface area contributed by atoms with Gasteiger partial charge in [-0.2, -0.15) is 0 Å². The fourth-order valence-corrected chi connectivity index (χ4v) is 4.62. The van der Waals surface area contributed by atoms with Crippen LogP contribution in [0.25, 0.3) is 10.2 Å². The Morgan fingerprint density at radius 1 is 1.33 bits per heavy atom. The summed E-state index contributed by atoms with van der Waals surface area (Å²) in [7, 11) is 0. The Bertz CT molecular complexity index is 643. The third-order valence-corrected chi connectivity index (χ3v) is 5.44. The second-order valence-electron chi connectivity index (χ2n) is 4.51. The molecule has 0 radical (unpaired) electrons. The quantitative estimate of drug-likeness (QED) is 0.788. The van der Waals surface area contributed by atoms with E-state index in [-0.39, 0.29) is 5.91 Å². The molecule has 0 N–H and O–H groups in total. The Kier molecular flexibility index (Phi) is 2.25.